The molecular weight excluding hydrogens is 348 g/mol. The fraction of sp³-hybridized carbons (Fsp3) is 0.391. The van der Waals surface area contributed by atoms with Crippen LogP contribution in [-0.4, -0.2) is 42.3 Å². The van der Waals surface area contributed by atoms with Crippen LogP contribution < -0.4 is 5.32 Å². The standard InChI is InChI=1S/C23H30N4O/c1-18-10-12-19(13-11-18)15-26(3)23(24-2)25-14-6-9-22(28)27-16-20-7-4-5-8-21(20)17-27/h4-5,7-8,10-13H,6,9,14-17H2,1-3H3,(H,24,25). The molecule has 0 saturated carbocycles. The van der Waals surface area contributed by atoms with Gasteiger partial charge in [0.05, 0.1) is 0 Å². The molecule has 2 aromatic carbocycles. The molecule has 28 heavy (non-hydrogen) atoms. The summed E-state index contributed by atoms with van der Waals surface area (Å²) in [6.45, 7) is 5.10. The summed E-state index contributed by atoms with van der Waals surface area (Å²) < 4.78 is 0. The lowest BCUT2D eigenvalue weighted by Crippen LogP contribution is -2.39. The molecule has 148 valence electrons. The van der Waals surface area contributed by atoms with E-state index in [4.69, 9.17) is 0 Å². The first-order valence-electron chi connectivity index (χ1n) is 9.88. The molecule has 2 aromatic rings. The van der Waals surface area contributed by atoms with Gasteiger partial charge in [-0.05, 0) is 30.0 Å². The number of hydrogen-bond acceptors (Lipinski definition) is 2. The molecule has 1 N–H and O–H groups in total. The lowest BCUT2D eigenvalue weighted by molar-refractivity contribution is -0.131. The van der Waals surface area contributed by atoms with Gasteiger partial charge in [0.15, 0.2) is 5.96 Å². The summed E-state index contributed by atoms with van der Waals surface area (Å²) in [5, 5.41) is 3.37. The van der Waals surface area contributed by atoms with Crippen LogP contribution in [0.2, 0.25) is 0 Å². The Morgan fingerprint density at radius 1 is 1.11 bits per heavy atom. The van der Waals surface area contributed by atoms with Crippen LogP contribution in [-0.2, 0) is 24.4 Å². The molecule has 0 spiro atoms. The summed E-state index contributed by atoms with van der Waals surface area (Å²) in [7, 11) is 3.82. The number of rotatable bonds is 6. The monoisotopic (exact) mass is 378 g/mol. The highest BCUT2D eigenvalue weighted by Crippen LogP contribution is 2.22. The second-order valence-electron chi connectivity index (χ2n) is 7.44. The molecule has 5 heteroatoms. The van der Waals surface area contributed by atoms with Gasteiger partial charge in [0.1, 0.15) is 0 Å². The molecule has 0 bridgehead atoms. The summed E-state index contributed by atoms with van der Waals surface area (Å²) in [6.07, 6.45) is 1.35. The maximum atomic E-state index is 12.5. The normalized spacial score (nSPS) is 13.4. The van der Waals surface area contributed by atoms with Gasteiger partial charge in [-0.25, -0.2) is 0 Å². The van der Waals surface area contributed by atoms with Crippen molar-refractivity contribution in [2.75, 3.05) is 20.6 Å². The van der Waals surface area contributed by atoms with Crippen LogP contribution in [0.15, 0.2) is 53.5 Å². The van der Waals surface area contributed by atoms with Gasteiger partial charge in [0.25, 0.3) is 0 Å². The third-order valence-corrected chi connectivity index (χ3v) is 5.16. The fourth-order valence-corrected chi connectivity index (χ4v) is 3.53. The molecule has 3 rings (SSSR count). The topological polar surface area (TPSA) is 47.9 Å². The minimum absolute atomic E-state index is 0.223. The quantitative estimate of drug-likeness (QED) is 0.477. The summed E-state index contributed by atoms with van der Waals surface area (Å²) in [5.41, 5.74) is 5.05. The Balaban J connectivity index is 1.40. The zero-order chi connectivity index (χ0) is 19.9. The predicted molar refractivity (Wildman–Crippen MR) is 114 cm³/mol. The van der Waals surface area contributed by atoms with Crippen LogP contribution in [0.5, 0.6) is 0 Å². The van der Waals surface area contributed by atoms with Gasteiger partial charge in [0, 0.05) is 46.7 Å². The van der Waals surface area contributed by atoms with E-state index < -0.39 is 0 Å². The van der Waals surface area contributed by atoms with Crippen molar-refractivity contribution in [3.8, 4) is 0 Å². The van der Waals surface area contributed by atoms with Gasteiger partial charge in [-0.1, -0.05) is 54.1 Å². The van der Waals surface area contributed by atoms with Crippen molar-refractivity contribution in [2.24, 2.45) is 4.99 Å². The first-order chi connectivity index (χ1) is 13.6. The van der Waals surface area contributed by atoms with Crippen molar-refractivity contribution in [2.45, 2.75) is 39.4 Å². The molecule has 0 atom stereocenters. The molecule has 1 aliphatic rings. The highest BCUT2D eigenvalue weighted by Gasteiger charge is 2.22. The Labute approximate surface area is 168 Å². The number of carbonyl (C=O) groups excluding carboxylic acids is 1. The SMILES string of the molecule is CN=C(NCCCC(=O)N1Cc2ccccc2C1)N(C)Cc1ccc(C)cc1. The van der Waals surface area contributed by atoms with Crippen LogP contribution in [0.3, 0.4) is 0 Å². The Morgan fingerprint density at radius 3 is 2.36 bits per heavy atom. The number of amides is 1. The summed E-state index contributed by atoms with van der Waals surface area (Å²) in [4.78, 5) is 20.9. The van der Waals surface area contributed by atoms with Crippen molar-refractivity contribution in [3.63, 3.8) is 0 Å². The van der Waals surface area contributed by atoms with E-state index in [1.54, 1.807) is 7.05 Å². The molecule has 0 fully saturated rings. The van der Waals surface area contributed by atoms with Gasteiger partial charge >= 0.3 is 0 Å². The van der Waals surface area contributed by atoms with E-state index in [0.717, 1.165) is 38.6 Å². The van der Waals surface area contributed by atoms with Crippen LogP contribution >= 0.6 is 0 Å². The highest BCUT2D eigenvalue weighted by atomic mass is 16.2. The first-order valence-corrected chi connectivity index (χ1v) is 9.88. The summed E-state index contributed by atoms with van der Waals surface area (Å²) >= 11 is 0. The zero-order valence-electron chi connectivity index (χ0n) is 17.1. The maximum absolute atomic E-state index is 12.5. The molecule has 1 aliphatic heterocycles. The highest BCUT2D eigenvalue weighted by molar-refractivity contribution is 5.80. The Hall–Kier alpha value is -2.82. The predicted octanol–water partition coefficient (Wildman–Crippen LogP) is 3.32. The second kappa shape index (κ2) is 9.40. The number of aliphatic imine (C=N–C) groups is 1. The van der Waals surface area contributed by atoms with E-state index >= 15 is 0 Å². The van der Waals surface area contributed by atoms with Crippen molar-refractivity contribution in [1.82, 2.24) is 15.1 Å². The molecule has 0 aromatic heterocycles. The molecule has 5 nitrogen and oxygen atoms in total. The number of nitrogens with zero attached hydrogens (tertiary/aromatic N) is 3. The van der Waals surface area contributed by atoms with E-state index in [9.17, 15) is 4.79 Å². The van der Waals surface area contributed by atoms with Gasteiger partial charge in [0.2, 0.25) is 5.91 Å². The molecule has 1 amide bonds. The molecular formula is C23H30N4O. The second-order valence-corrected chi connectivity index (χ2v) is 7.44. The maximum Gasteiger partial charge on any atom is 0.223 e. The van der Waals surface area contributed by atoms with Crippen LogP contribution in [0, 0.1) is 6.92 Å². The van der Waals surface area contributed by atoms with E-state index in [0.29, 0.717) is 6.42 Å². The first kappa shape index (κ1) is 19.9. The van der Waals surface area contributed by atoms with Crippen LogP contribution in [0.4, 0.5) is 0 Å². The number of nitrogens with one attached hydrogen (secondary N) is 1. The Kier molecular flexibility index (Phi) is 6.69. The lowest BCUT2D eigenvalue weighted by Gasteiger charge is -2.22. The molecule has 0 saturated heterocycles. The van der Waals surface area contributed by atoms with Crippen molar-refractivity contribution in [3.05, 3.63) is 70.8 Å². The van der Waals surface area contributed by atoms with Crippen molar-refractivity contribution in [1.29, 1.82) is 0 Å². The summed E-state index contributed by atoms with van der Waals surface area (Å²) in [6, 6.07) is 16.8. The van der Waals surface area contributed by atoms with E-state index in [1.165, 1.54) is 22.3 Å². The van der Waals surface area contributed by atoms with E-state index in [1.807, 2.05) is 24.1 Å². The number of benzene rings is 2. The van der Waals surface area contributed by atoms with Crippen LogP contribution in [0.25, 0.3) is 0 Å². The van der Waals surface area contributed by atoms with E-state index in [-0.39, 0.29) is 5.91 Å². The molecule has 0 radical (unpaired) electrons. The summed E-state index contributed by atoms with van der Waals surface area (Å²) in [5.74, 6) is 1.07. The minimum atomic E-state index is 0.223. The van der Waals surface area contributed by atoms with Crippen molar-refractivity contribution >= 4 is 11.9 Å². The van der Waals surface area contributed by atoms with E-state index in [2.05, 4.69) is 58.5 Å². The average molecular weight is 379 g/mol. The largest absolute Gasteiger partial charge is 0.356 e. The number of aryl methyl sites for hydroxylation is 1. The number of fused-ring (bicyclic) bond motifs is 1. The van der Waals surface area contributed by atoms with Gasteiger partial charge in [-0.15, -0.1) is 0 Å². The lowest BCUT2D eigenvalue weighted by atomic mass is 10.1. The zero-order valence-corrected chi connectivity index (χ0v) is 17.1. The number of hydrogen-bond donors (Lipinski definition) is 1. The Bertz CT molecular complexity index is 804. The third kappa shape index (κ3) is 5.12. The number of guanidine groups is 1. The smallest absolute Gasteiger partial charge is 0.223 e. The minimum Gasteiger partial charge on any atom is -0.356 e. The molecule has 1 heterocycles. The number of carbonyl (C=O) groups is 1. The van der Waals surface area contributed by atoms with Gasteiger partial charge < -0.3 is 15.1 Å². The van der Waals surface area contributed by atoms with Gasteiger partial charge in [-0.3, -0.25) is 9.79 Å². The Morgan fingerprint density at radius 2 is 1.75 bits per heavy atom. The fourth-order valence-electron chi connectivity index (χ4n) is 3.53. The van der Waals surface area contributed by atoms with Crippen LogP contribution in [0.1, 0.15) is 35.1 Å². The third-order valence-electron chi connectivity index (χ3n) is 5.16. The average Bonchev–Trinajstić information content (AvgIpc) is 3.14. The van der Waals surface area contributed by atoms with Gasteiger partial charge in [-0.2, -0.15) is 0 Å². The molecule has 0 unspecified atom stereocenters. The van der Waals surface area contributed by atoms with Crippen molar-refractivity contribution < 1.29 is 4.79 Å². The molecule has 0 aliphatic carbocycles.